The molecule has 0 bridgehead atoms. The van der Waals surface area contributed by atoms with E-state index in [9.17, 15) is 19.5 Å². The Morgan fingerprint density at radius 1 is 1.20 bits per heavy atom. The highest BCUT2D eigenvalue weighted by Crippen LogP contribution is 2.25. The van der Waals surface area contributed by atoms with Crippen LogP contribution in [-0.2, 0) is 14.4 Å². The highest BCUT2D eigenvalue weighted by Gasteiger charge is 2.40. The summed E-state index contributed by atoms with van der Waals surface area (Å²) >= 11 is 0. The smallest absolute Gasteiger partial charge is 0.335 e. The Labute approximate surface area is 146 Å². The average molecular weight is 348 g/mol. The maximum atomic E-state index is 12.6. The quantitative estimate of drug-likeness (QED) is 0.736. The Morgan fingerprint density at radius 2 is 1.76 bits per heavy atom. The minimum absolute atomic E-state index is 0.00338. The van der Waals surface area contributed by atoms with E-state index in [2.05, 4.69) is 5.32 Å². The van der Waals surface area contributed by atoms with Gasteiger partial charge in [0.2, 0.25) is 11.8 Å². The lowest BCUT2D eigenvalue weighted by Crippen LogP contribution is -2.51. The van der Waals surface area contributed by atoms with E-state index in [0.717, 1.165) is 11.1 Å². The first-order valence-electron chi connectivity index (χ1n) is 8.28. The number of carboxylic acids is 1. The molecule has 1 heterocycles. The lowest BCUT2D eigenvalue weighted by Gasteiger charge is -2.36. The molecule has 1 atom stereocenters. The Bertz CT molecular complexity index is 648. The van der Waals surface area contributed by atoms with Gasteiger partial charge in [0.05, 0.1) is 12.5 Å². The third kappa shape index (κ3) is 4.79. The molecule has 7 heteroatoms. The van der Waals surface area contributed by atoms with Gasteiger partial charge in [0.15, 0.2) is 5.60 Å². The molecule has 25 heavy (non-hydrogen) atoms. The number of aliphatic hydroxyl groups is 1. The lowest BCUT2D eigenvalue weighted by atomic mass is 9.91. The molecule has 0 aromatic heterocycles. The number of aliphatic carboxylic acids is 1. The summed E-state index contributed by atoms with van der Waals surface area (Å²) in [6, 6.07) is 7.15. The van der Waals surface area contributed by atoms with E-state index >= 15 is 0 Å². The molecule has 1 aliphatic rings. The SMILES string of the molecule is CC(=O)NC(CC(=O)N1CCC(O)(C(=O)O)CC1)c1ccc(C)cc1. The second kappa shape index (κ2) is 7.65. The summed E-state index contributed by atoms with van der Waals surface area (Å²) < 4.78 is 0. The van der Waals surface area contributed by atoms with Crippen molar-refractivity contribution in [3.63, 3.8) is 0 Å². The number of piperidine rings is 1. The molecule has 1 aromatic rings. The van der Waals surface area contributed by atoms with Gasteiger partial charge in [-0.3, -0.25) is 9.59 Å². The van der Waals surface area contributed by atoms with Crippen molar-refractivity contribution in [2.24, 2.45) is 0 Å². The number of hydrogen-bond donors (Lipinski definition) is 3. The molecule has 1 fully saturated rings. The van der Waals surface area contributed by atoms with Gasteiger partial charge in [-0.15, -0.1) is 0 Å². The Morgan fingerprint density at radius 3 is 2.24 bits per heavy atom. The predicted molar refractivity (Wildman–Crippen MR) is 90.8 cm³/mol. The van der Waals surface area contributed by atoms with Crippen LogP contribution in [0, 0.1) is 6.92 Å². The fourth-order valence-corrected chi connectivity index (χ4v) is 2.94. The molecule has 0 radical (unpaired) electrons. The summed E-state index contributed by atoms with van der Waals surface area (Å²) in [5.41, 5.74) is 0.166. The van der Waals surface area contributed by atoms with Crippen molar-refractivity contribution in [1.29, 1.82) is 0 Å². The number of amides is 2. The number of benzene rings is 1. The molecule has 1 aromatic carbocycles. The van der Waals surface area contributed by atoms with Crippen LogP contribution in [0.3, 0.4) is 0 Å². The first kappa shape index (κ1) is 18.9. The molecule has 2 rings (SSSR count). The Hall–Kier alpha value is -2.41. The van der Waals surface area contributed by atoms with E-state index < -0.39 is 17.6 Å². The second-order valence-corrected chi connectivity index (χ2v) is 6.59. The number of carbonyl (C=O) groups is 3. The third-order valence-corrected chi connectivity index (χ3v) is 4.58. The van der Waals surface area contributed by atoms with E-state index in [4.69, 9.17) is 5.11 Å². The number of rotatable bonds is 5. The molecule has 136 valence electrons. The average Bonchev–Trinajstić information content (AvgIpc) is 2.55. The third-order valence-electron chi connectivity index (χ3n) is 4.58. The van der Waals surface area contributed by atoms with Gasteiger partial charge in [-0.05, 0) is 12.5 Å². The van der Waals surface area contributed by atoms with E-state index in [1.165, 1.54) is 6.92 Å². The van der Waals surface area contributed by atoms with E-state index in [0.29, 0.717) is 0 Å². The topological polar surface area (TPSA) is 107 Å². The zero-order chi connectivity index (χ0) is 18.6. The molecule has 0 saturated carbocycles. The van der Waals surface area contributed by atoms with Crippen LogP contribution in [0.1, 0.15) is 43.4 Å². The van der Waals surface area contributed by atoms with Crippen molar-refractivity contribution in [3.05, 3.63) is 35.4 Å². The monoisotopic (exact) mass is 348 g/mol. The standard InChI is InChI=1S/C18H24N2O5/c1-12-3-5-14(6-4-12)15(19-13(2)21)11-16(22)20-9-7-18(25,8-10-20)17(23)24/h3-6,15,25H,7-11H2,1-2H3,(H,19,21)(H,23,24). The number of nitrogens with one attached hydrogen (secondary N) is 1. The minimum atomic E-state index is -1.76. The van der Waals surface area contributed by atoms with Gasteiger partial charge in [-0.1, -0.05) is 29.8 Å². The van der Waals surface area contributed by atoms with Crippen LogP contribution in [0.2, 0.25) is 0 Å². The van der Waals surface area contributed by atoms with Crippen LogP contribution in [0.25, 0.3) is 0 Å². The van der Waals surface area contributed by atoms with Gasteiger partial charge < -0.3 is 20.4 Å². The summed E-state index contributed by atoms with van der Waals surface area (Å²) in [5, 5.41) is 21.8. The minimum Gasteiger partial charge on any atom is -0.479 e. The van der Waals surface area contributed by atoms with Crippen LogP contribution >= 0.6 is 0 Å². The van der Waals surface area contributed by atoms with Crippen LogP contribution in [0.4, 0.5) is 0 Å². The van der Waals surface area contributed by atoms with Crippen molar-refractivity contribution in [3.8, 4) is 0 Å². The largest absolute Gasteiger partial charge is 0.479 e. The molecule has 2 amide bonds. The molecule has 1 aliphatic heterocycles. The van der Waals surface area contributed by atoms with Crippen molar-refractivity contribution < 1.29 is 24.6 Å². The first-order valence-corrected chi connectivity index (χ1v) is 8.28. The first-order chi connectivity index (χ1) is 11.7. The highest BCUT2D eigenvalue weighted by atomic mass is 16.4. The highest BCUT2D eigenvalue weighted by molar-refractivity contribution is 5.81. The molecule has 1 unspecified atom stereocenters. The molecule has 0 spiro atoms. The summed E-state index contributed by atoms with van der Waals surface area (Å²) in [7, 11) is 0. The lowest BCUT2D eigenvalue weighted by molar-refractivity contribution is -0.165. The maximum Gasteiger partial charge on any atom is 0.335 e. The summed E-state index contributed by atoms with van der Waals surface area (Å²) in [6.07, 6.45) is 0.0982. The second-order valence-electron chi connectivity index (χ2n) is 6.59. The number of nitrogens with zero attached hydrogens (tertiary/aromatic N) is 1. The molecular formula is C18H24N2O5. The summed E-state index contributed by atoms with van der Waals surface area (Å²) in [6.45, 7) is 3.73. The number of aryl methyl sites for hydroxylation is 1. The predicted octanol–water partition coefficient (Wildman–Crippen LogP) is 1.00. The van der Waals surface area contributed by atoms with Gasteiger partial charge >= 0.3 is 5.97 Å². The molecular weight excluding hydrogens is 324 g/mol. The summed E-state index contributed by atoms with van der Waals surface area (Å²) in [4.78, 5) is 36.6. The van der Waals surface area contributed by atoms with Gasteiger partial charge in [-0.2, -0.15) is 0 Å². The Balaban J connectivity index is 2.04. The molecule has 7 nitrogen and oxygen atoms in total. The normalized spacial score (nSPS) is 17.6. The van der Waals surface area contributed by atoms with Crippen LogP contribution < -0.4 is 5.32 Å². The molecule has 0 aliphatic carbocycles. The van der Waals surface area contributed by atoms with Gasteiger partial charge in [0, 0.05) is 32.9 Å². The fourth-order valence-electron chi connectivity index (χ4n) is 2.94. The summed E-state index contributed by atoms with van der Waals surface area (Å²) in [5.74, 6) is -1.65. The molecule has 3 N–H and O–H groups in total. The number of hydrogen-bond acceptors (Lipinski definition) is 4. The number of carboxylic acid groups (broad SMARTS) is 1. The van der Waals surface area contributed by atoms with Gasteiger partial charge in [0.25, 0.3) is 0 Å². The van der Waals surface area contributed by atoms with E-state index in [1.807, 2.05) is 31.2 Å². The van der Waals surface area contributed by atoms with Crippen molar-refractivity contribution >= 4 is 17.8 Å². The van der Waals surface area contributed by atoms with Crippen LogP contribution in [-0.4, -0.2) is 51.6 Å². The van der Waals surface area contributed by atoms with Crippen molar-refractivity contribution in [1.82, 2.24) is 10.2 Å². The fraction of sp³-hybridized carbons (Fsp3) is 0.500. The van der Waals surface area contributed by atoms with Gasteiger partial charge in [-0.25, -0.2) is 4.79 Å². The number of carbonyl (C=O) groups excluding carboxylic acids is 2. The van der Waals surface area contributed by atoms with Crippen LogP contribution in [0.15, 0.2) is 24.3 Å². The maximum absolute atomic E-state index is 12.6. The van der Waals surface area contributed by atoms with Crippen molar-refractivity contribution in [2.75, 3.05) is 13.1 Å². The zero-order valence-corrected chi connectivity index (χ0v) is 14.5. The molecule has 1 saturated heterocycles. The zero-order valence-electron chi connectivity index (χ0n) is 14.5. The van der Waals surface area contributed by atoms with E-state index in [-0.39, 0.29) is 44.2 Å². The van der Waals surface area contributed by atoms with Gasteiger partial charge in [0.1, 0.15) is 0 Å². The Kier molecular flexibility index (Phi) is 5.79. The van der Waals surface area contributed by atoms with E-state index in [1.54, 1.807) is 4.90 Å². The number of likely N-dealkylation sites (tertiary alicyclic amines) is 1. The van der Waals surface area contributed by atoms with Crippen LogP contribution in [0.5, 0.6) is 0 Å². The van der Waals surface area contributed by atoms with Crippen molar-refractivity contribution in [2.45, 2.75) is 44.8 Å².